The molecule has 10 heteroatoms. The van der Waals surface area contributed by atoms with Crippen LogP contribution in [0, 0.1) is 5.92 Å². The number of hydrogen-bond donors (Lipinski definition) is 0. The molecule has 0 radical (unpaired) electrons. The van der Waals surface area contributed by atoms with Crippen molar-refractivity contribution in [3.63, 3.8) is 0 Å². The molecule has 3 fully saturated rings. The average Bonchev–Trinajstić information content (AvgIpc) is 3.37. The number of piperazine rings is 1. The smallest absolute Gasteiger partial charge is 0.410 e. The van der Waals surface area contributed by atoms with Gasteiger partial charge in [0.05, 0.1) is 0 Å². The van der Waals surface area contributed by atoms with Gasteiger partial charge in [0.15, 0.2) is 0 Å². The molecule has 3 saturated heterocycles. The van der Waals surface area contributed by atoms with E-state index in [9.17, 15) is 9.59 Å². The molecule has 0 unspecified atom stereocenters. The third-order valence-electron chi connectivity index (χ3n) is 10.4. The van der Waals surface area contributed by atoms with Crippen molar-refractivity contribution in [2.75, 3.05) is 52.4 Å². The first-order valence-electron chi connectivity index (χ1n) is 17.4. The first kappa shape index (κ1) is 33.9. The Hall–Kier alpha value is -2.95. The number of benzene rings is 1. The van der Waals surface area contributed by atoms with Gasteiger partial charge in [0.1, 0.15) is 11.2 Å². The van der Waals surface area contributed by atoms with Crippen LogP contribution in [0.4, 0.5) is 4.79 Å². The van der Waals surface area contributed by atoms with Gasteiger partial charge in [-0.25, -0.2) is 9.78 Å². The molecule has 3 aliphatic rings. The van der Waals surface area contributed by atoms with E-state index < -0.39 is 5.60 Å². The average molecular weight is 708 g/mol. The lowest BCUT2D eigenvalue weighted by Gasteiger charge is -2.42. The largest absolute Gasteiger partial charge is 0.444 e. The zero-order chi connectivity index (χ0) is 33.3. The van der Waals surface area contributed by atoms with E-state index in [1.807, 2.05) is 55.0 Å². The number of hydrogen-bond acceptors (Lipinski definition) is 6. The van der Waals surface area contributed by atoms with Crippen molar-refractivity contribution >= 4 is 39.0 Å². The third-order valence-corrected chi connectivity index (χ3v) is 11.1. The molecule has 1 aromatic carbocycles. The minimum Gasteiger partial charge on any atom is -0.444 e. The Balaban J connectivity index is 0.938. The lowest BCUT2D eigenvalue weighted by molar-refractivity contribution is 0.00203. The van der Waals surface area contributed by atoms with Crippen molar-refractivity contribution in [3.05, 3.63) is 63.9 Å². The second kappa shape index (κ2) is 14.3. The van der Waals surface area contributed by atoms with Crippen LogP contribution in [0.5, 0.6) is 0 Å². The van der Waals surface area contributed by atoms with Crippen LogP contribution in [-0.2, 0) is 18.3 Å². The molecule has 0 aliphatic carbocycles. The van der Waals surface area contributed by atoms with Gasteiger partial charge in [0.25, 0.3) is 5.91 Å². The van der Waals surface area contributed by atoms with Gasteiger partial charge in [-0.1, -0.05) is 12.1 Å². The van der Waals surface area contributed by atoms with E-state index >= 15 is 0 Å². The number of amides is 2. The third kappa shape index (κ3) is 8.03. The number of ether oxygens (including phenoxy) is 1. The van der Waals surface area contributed by atoms with Gasteiger partial charge in [-0.05, 0) is 124 Å². The Kier molecular flexibility index (Phi) is 10.3. The lowest BCUT2D eigenvalue weighted by atomic mass is 9.88. The number of nitrogens with zero attached hydrogens (tertiary/aromatic N) is 6. The summed E-state index contributed by atoms with van der Waals surface area (Å²) in [6.45, 7) is 15.9. The summed E-state index contributed by atoms with van der Waals surface area (Å²) in [6.07, 6.45) is 5.93. The number of aromatic nitrogens is 2. The van der Waals surface area contributed by atoms with Gasteiger partial charge in [-0.2, -0.15) is 0 Å². The molecule has 5 heterocycles. The van der Waals surface area contributed by atoms with Crippen LogP contribution in [-0.4, -0.2) is 105 Å². The zero-order valence-corrected chi connectivity index (χ0v) is 30.3. The summed E-state index contributed by atoms with van der Waals surface area (Å²) in [6, 6.07) is 13.0. The van der Waals surface area contributed by atoms with Gasteiger partial charge in [-0.15, -0.1) is 0 Å². The maximum absolute atomic E-state index is 13.4. The SMILES string of the molecule is C[C@@H]1CN(C(=O)OC(C)(C)C)CCN1CC1CCN(C(=O)c2ccc(C3CCN(Cc4cc5c(Br)ccnc5n4C)CC3)cc2)CC1. The summed E-state index contributed by atoms with van der Waals surface area (Å²) in [5, 5.41) is 1.17. The highest BCUT2D eigenvalue weighted by atomic mass is 79.9. The molecule has 0 saturated carbocycles. The van der Waals surface area contributed by atoms with Crippen molar-refractivity contribution in [2.24, 2.45) is 13.0 Å². The van der Waals surface area contributed by atoms with Crippen molar-refractivity contribution in [2.45, 2.75) is 77.5 Å². The molecule has 9 nitrogen and oxygen atoms in total. The Morgan fingerprint density at radius 3 is 2.28 bits per heavy atom. The number of halogens is 1. The molecule has 0 bridgehead atoms. The number of aryl methyl sites for hydroxylation is 1. The van der Waals surface area contributed by atoms with E-state index in [1.165, 1.54) is 16.6 Å². The van der Waals surface area contributed by atoms with Crippen molar-refractivity contribution in [1.82, 2.24) is 29.2 Å². The molecule has 1 atom stereocenters. The second-order valence-corrected chi connectivity index (χ2v) is 15.8. The van der Waals surface area contributed by atoms with Crippen molar-refractivity contribution < 1.29 is 14.3 Å². The van der Waals surface area contributed by atoms with Gasteiger partial charge >= 0.3 is 6.09 Å². The Morgan fingerprint density at radius 1 is 0.936 bits per heavy atom. The highest BCUT2D eigenvalue weighted by Gasteiger charge is 2.32. The highest BCUT2D eigenvalue weighted by Crippen LogP contribution is 2.31. The second-order valence-electron chi connectivity index (χ2n) is 14.9. The fourth-order valence-electron chi connectivity index (χ4n) is 7.53. The standard InChI is InChI=1S/C37H51BrN6O3/c1-26-23-44(36(46)47-37(2,3)4)21-20-43(26)24-27-11-18-42(19-12-27)35(45)30-8-6-28(7-9-30)29-13-16-41(17-14-29)25-31-22-32-33(38)10-15-39-34(32)40(31)5/h6-10,15,22,26-27,29H,11-14,16-21,23-25H2,1-5H3/t26-/m1/s1. The summed E-state index contributed by atoms with van der Waals surface area (Å²) in [7, 11) is 2.11. The number of carbonyl (C=O) groups is 2. The molecule has 254 valence electrons. The number of piperidine rings is 2. The molecule has 2 aromatic heterocycles. The van der Waals surface area contributed by atoms with E-state index in [4.69, 9.17) is 4.74 Å². The number of rotatable bonds is 6. The molecule has 3 aromatic rings. The minimum absolute atomic E-state index is 0.153. The molecule has 47 heavy (non-hydrogen) atoms. The monoisotopic (exact) mass is 706 g/mol. The fraction of sp³-hybridized carbons (Fsp3) is 0.595. The first-order chi connectivity index (χ1) is 22.4. The van der Waals surface area contributed by atoms with Gasteiger partial charge in [0, 0.05) is 86.2 Å². The first-order valence-corrected chi connectivity index (χ1v) is 18.2. The zero-order valence-electron chi connectivity index (χ0n) is 28.8. The molecule has 0 N–H and O–H groups in total. The molecular weight excluding hydrogens is 656 g/mol. The maximum atomic E-state index is 13.4. The van der Waals surface area contributed by atoms with Crippen LogP contribution in [0.2, 0.25) is 0 Å². The van der Waals surface area contributed by atoms with Crippen LogP contribution < -0.4 is 0 Å². The lowest BCUT2D eigenvalue weighted by Crippen LogP contribution is -2.55. The normalized spacial score (nSPS) is 21.0. The number of likely N-dealkylation sites (tertiary alicyclic amines) is 2. The van der Waals surface area contributed by atoms with Crippen LogP contribution in [0.3, 0.4) is 0 Å². The molecule has 0 spiro atoms. The number of pyridine rings is 1. The molecule has 6 rings (SSSR count). The topological polar surface area (TPSA) is 74.2 Å². The summed E-state index contributed by atoms with van der Waals surface area (Å²) < 4.78 is 8.88. The van der Waals surface area contributed by atoms with E-state index in [0.717, 1.165) is 87.2 Å². The minimum atomic E-state index is -0.473. The predicted octanol–water partition coefficient (Wildman–Crippen LogP) is 6.51. The molecular formula is C37H51BrN6O3. The van der Waals surface area contributed by atoms with Crippen LogP contribution >= 0.6 is 15.9 Å². The summed E-state index contributed by atoms with van der Waals surface area (Å²) in [5.41, 5.74) is 3.98. The number of fused-ring (bicyclic) bond motifs is 1. The maximum Gasteiger partial charge on any atom is 0.410 e. The number of carbonyl (C=O) groups excluding carboxylic acids is 2. The summed E-state index contributed by atoms with van der Waals surface area (Å²) >= 11 is 3.67. The van der Waals surface area contributed by atoms with Crippen LogP contribution in [0.1, 0.15) is 80.9 Å². The highest BCUT2D eigenvalue weighted by molar-refractivity contribution is 9.10. The molecule has 3 aliphatic heterocycles. The van der Waals surface area contributed by atoms with E-state index in [1.54, 1.807) is 0 Å². The van der Waals surface area contributed by atoms with E-state index in [-0.39, 0.29) is 12.0 Å². The Labute approximate surface area is 288 Å². The Morgan fingerprint density at radius 2 is 1.64 bits per heavy atom. The van der Waals surface area contributed by atoms with Gasteiger partial charge < -0.3 is 19.1 Å². The van der Waals surface area contributed by atoms with Crippen molar-refractivity contribution in [3.8, 4) is 0 Å². The van der Waals surface area contributed by atoms with Crippen LogP contribution in [0.25, 0.3) is 11.0 Å². The van der Waals surface area contributed by atoms with Gasteiger partial charge in [-0.3, -0.25) is 14.6 Å². The summed E-state index contributed by atoms with van der Waals surface area (Å²) in [5.74, 6) is 1.25. The van der Waals surface area contributed by atoms with Crippen molar-refractivity contribution in [1.29, 1.82) is 0 Å². The van der Waals surface area contributed by atoms with Crippen LogP contribution in [0.15, 0.2) is 47.1 Å². The summed E-state index contributed by atoms with van der Waals surface area (Å²) in [4.78, 5) is 39.4. The predicted molar refractivity (Wildman–Crippen MR) is 190 cm³/mol. The molecule has 2 amide bonds. The Bertz CT molecular complexity index is 1550. The van der Waals surface area contributed by atoms with Gasteiger partial charge in [0.2, 0.25) is 0 Å². The fourth-order valence-corrected chi connectivity index (χ4v) is 7.94. The quantitative estimate of drug-likeness (QED) is 0.291. The van der Waals surface area contributed by atoms with E-state index in [2.05, 4.69) is 67.5 Å². The van der Waals surface area contributed by atoms with E-state index in [0.29, 0.717) is 31.0 Å².